The van der Waals surface area contributed by atoms with Crippen LogP contribution in [0.25, 0.3) is 10.2 Å². The van der Waals surface area contributed by atoms with E-state index < -0.39 is 6.10 Å². The van der Waals surface area contributed by atoms with E-state index >= 15 is 0 Å². The Bertz CT molecular complexity index is 806. The number of aliphatic hydroxyl groups is 1. The molecule has 0 unspecified atom stereocenters. The number of rotatable bonds is 4. The molecule has 0 aliphatic rings. The van der Waals surface area contributed by atoms with E-state index in [4.69, 9.17) is 4.74 Å². The van der Waals surface area contributed by atoms with Crippen molar-refractivity contribution in [3.05, 3.63) is 57.5 Å². The Morgan fingerprint density at radius 3 is 2.81 bits per heavy atom. The summed E-state index contributed by atoms with van der Waals surface area (Å²) < 4.78 is 6.22. The van der Waals surface area contributed by atoms with E-state index in [0.717, 1.165) is 5.56 Å². The van der Waals surface area contributed by atoms with Gasteiger partial charge in [0, 0.05) is 0 Å². The van der Waals surface area contributed by atoms with E-state index in [-0.39, 0.29) is 12.2 Å². The van der Waals surface area contributed by atoms with Gasteiger partial charge in [0.05, 0.1) is 11.6 Å². The number of aromatic amines is 1. The summed E-state index contributed by atoms with van der Waals surface area (Å²) in [4.78, 5) is 18.9. The molecule has 2 heterocycles. The minimum atomic E-state index is -0.502. The molecule has 5 nitrogen and oxygen atoms in total. The van der Waals surface area contributed by atoms with Crippen molar-refractivity contribution in [1.82, 2.24) is 9.97 Å². The van der Waals surface area contributed by atoms with Gasteiger partial charge in [-0.1, -0.05) is 12.1 Å². The highest BCUT2D eigenvalue weighted by atomic mass is 32.1. The van der Waals surface area contributed by atoms with Gasteiger partial charge in [-0.15, -0.1) is 11.3 Å². The van der Waals surface area contributed by atoms with Gasteiger partial charge >= 0.3 is 0 Å². The van der Waals surface area contributed by atoms with Crippen LogP contribution in [-0.4, -0.2) is 15.1 Å². The fourth-order valence-corrected chi connectivity index (χ4v) is 2.71. The molecule has 0 amide bonds. The van der Waals surface area contributed by atoms with Crippen molar-refractivity contribution in [2.45, 2.75) is 19.6 Å². The molecule has 3 rings (SSSR count). The molecule has 21 heavy (non-hydrogen) atoms. The highest BCUT2D eigenvalue weighted by Crippen LogP contribution is 2.18. The normalized spacial score (nSPS) is 12.5. The number of ether oxygens (including phenoxy) is 1. The van der Waals surface area contributed by atoms with E-state index in [0.29, 0.717) is 21.8 Å². The summed E-state index contributed by atoms with van der Waals surface area (Å²) in [5, 5.41) is 11.3. The maximum Gasteiger partial charge on any atom is 0.268 e. The quantitative estimate of drug-likeness (QED) is 0.777. The molecule has 2 N–H and O–H groups in total. The zero-order chi connectivity index (χ0) is 14.8. The SMILES string of the molecule is C[C@@H](O)c1ccc(OCc2nc3ccsc3c(=O)[nH]2)cc1. The van der Waals surface area contributed by atoms with Crippen molar-refractivity contribution in [2.75, 3.05) is 0 Å². The Kier molecular flexibility index (Phi) is 3.72. The first-order chi connectivity index (χ1) is 10.1. The van der Waals surface area contributed by atoms with Gasteiger partial charge in [0.2, 0.25) is 0 Å². The number of fused-ring (bicyclic) bond motifs is 1. The van der Waals surface area contributed by atoms with Gasteiger partial charge in [-0.05, 0) is 36.1 Å². The van der Waals surface area contributed by atoms with Crippen LogP contribution >= 0.6 is 11.3 Å². The molecule has 1 aromatic carbocycles. The Morgan fingerprint density at radius 2 is 2.10 bits per heavy atom. The first-order valence-corrected chi connectivity index (χ1v) is 7.38. The third kappa shape index (κ3) is 2.96. The molecule has 108 valence electrons. The second kappa shape index (κ2) is 5.67. The molecule has 0 spiro atoms. The van der Waals surface area contributed by atoms with Crippen molar-refractivity contribution < 1.29 is 9.84 Å². The van der Waals surface area contributed by atoms with E-state index in [9.17, 15) is 9.90 Å². The van der Waals surface area contributed by atoms with Crippen LogP contribution in [0.3, 0.4) is 0 Å². The average molecular weight is 302 g/mol. The van der Waals surface area contributed by atoms with E-state index in [1.165, 1.54) is 11.3 Å². The maximum absolute atomic E-state index is 11.8. The summed E-state index contributed by atoms with van der Waals surface area (Å²) in [7, 11) is 0. The van der Waals surface area contributed by atoms with Crippen LogP contribution in [0.1, 0.15) is 24.4 Å². The molecule has 0 fully saturated rings. The fraction of sp³-hybridized carbons (Fsp3) is 0.200. The zero-order valence-corrected chi connectivity index (χ0v) is 12.2. The third-order valence-corrected chi connectivity index (χ3v) is 4.00. The fourth-order valence-electron chi connectivity index (χ4n) is 1.98. The molecule has 0 saturated heterocycles. The van der Waals surface area contributed by atoms with Crippen molar-refractivity contribution >= 4 is 21.6 Å². The first kappa shape index (κ1) is 13.8. The number of thiophene rings is 1. The highest BCUT2D eigenvalue weighted by Gasteiger charge is 2.06. The highest BCUT2D eigenvalue weighted by molar-refractivity contribution is 7.17. The Labute approximate surface area is 124 Å². The van der Waals surface area contributed by atoms with Crippen LogP contribution in [-0.2, 0) is 6.61 Å². The average Bonchev–Trinajstić information content (AvgIpc) is 2.94. The lowest BCUT2D eigenvalue weighted by molar-refractivity contribution is 0.199. The summed E-state index contributed by atoms with van der Waals surface area (Å²) in [6.45, 7) is 1.90. The number of aliphatic hydroxyl groups excluding tert-OH is 1. The summed E-state index contributed by atoms with van der Waals surface area (Å²) in [6.07, 6.45) is -0.502. The summed E-state index contributed by atoms with van der Waals surface area (Å²) in [5.74, 6) is 1.15. The van der Waals surface area contributed by atoms with Crippen LogP contribution < -0.4 is 10.3 Å². The van der Waals surface area contributed by atoms with Gasteiger partial charge < -0.3 is 14.8 Å². The van der Waals surface area contributed by atoms with E-state index in [1.807, 2.05) is 11.4 Å². The molecule has 2 aromatic heterocycles. The van der Waals surface area contributed by atoms with Crippen LogP contribution in [0.15, 0.2) is 40.5 Å². The topological polar surface area (TPSA) is 75.2 Å². The third-order valence-electron chi connectivity index (χ3n) is 3.10. The van der Waals surface area contributed by atoms with Crippen molar-refractivity contribution in [2.24, 2.45) is 0 Å². The number of aromatic nitrogens is 2. The number of nitrogens with one attached hydrogen (secondary N) is 1. The molecule has 0 aliphatic carbocycles. The lowest BCUT2D eigenvalue weighted by Crippen LogP contribution is -2.12. The molecular weight excluding hydrogens is 288 g/mol. The number of hydrogen-bond acceptors (Lipinski definition) is 5. The maximum atomic E-state index is 11.8. The predicted octanol–water partition coefficient (Wildman–Crippen LogP) is 2.62. The number of hydrogen-bond donors (Lipinski definition) is 2. The van der Waals surface area contributed by atoms with Crippen LogP contribution in [0.4, 0.5) is 0 Å². The monoisotopic (exact) mass is 302 g/mol. The molecule has 1 atom stereocenters. The van der Waals surface area contributed by atoms with Crippen molar-refractivity contribution in [1.29, 1.82) is 0 Å². The molecule has 0 radical (unpaired) electrons. The van der Waals surface area contributed by atoms with Gasteiger partial charge in [0.15, 0.2) is 0 Å². The van der Waals surface area contributed by atoms with Crippen LogP contribution in [0, 0.1) is 0 Å². The van der Waals surface area contributed by atoms with E-state index in [1.54, 1.807) is 31.2 Å². The number of benzene rings is 1. The Morgan fingerprint density at radius 1 is 1.33 bits per heavy atom. The minimum absolute atomic E-state index is 0.141. The van der Waals surface area contributed by atoms with Gasteiger partial charge in [-0.2, -0.15) is 0 Å². The molecule has 0 bridgehead atoms. The molecular formula is C15H14N2O3S. The lowest BCUT2D eigenvalue weighted by atomic mass is 10.1. The molecule has 0 aliphatic heterocycles. The summed E-state index contributed by atoms with van der Waals surface area (Å²) >= 11 is 1.37. The first-order valence-electron chi connectivity index (χ1n) is 6.51. The van der Waals surface area contributed by atoms with Crippen LogP contribution in [0.5, 0.6) is 5.75 Å². The molecule has 6 heteroatoms. The molecule has 0 saturated carbocycles. The van der Waals surface area contributed by atoms with Gasteiger partial charge in [0.1, 0.15) is 22.9 Å². The minimum Gasteiger partial charge on any atom is -0.486 e. The molecule has 3 aromatic rings. The van der Waals surface area contributed by atoms with Gasteiger partial charge in [-0.3, -0.25) is 4.79 Å². The standard InChI is InChI=1S/C15H14N2O3S/c1-9(18)10-2-4-11(5-3-10)20-8-13-16-12-6-7-21-14(12)15(19)17-13/h2-7,9,18H,8H2,1H3,(H,16,17,19)/t9-/m1/s1. The van der Waals surface area contributed by atoms with Gasteiger partial charge in [0.25, 0.3) is 5.56 Å². The predicted molar refractivity (Wildman–Crippen MR) is 81.6 cm³/mol. The largest absolute Gasteiger partial charge is 0.486 e. The Hall–Kier alpha value is -2.18. The van der Waals surface area contributed by atoms with Crippen molar-refractivity contribution in [3.8, 4) is 5.75 Å². The van der Waals surface area contributed by atoms with Crippen LogP contribution in [0.2, 0.25) is 0 Å². The zero-order valence-electron chi connectivity index (χ0n) is 11.4. The second-order valence-electron chi connectivity index (χ2n) is 4.68. The number of H-pyrrole nitrogens is 1. The second-order valence-corrected chi connectivity index (χ2v) is 5.60. The summed E-state index contributed by atoms with van der Waals surface area (Å²) in [6, 6.07) is 8.99. The smallest absolute Gasteiger partial charge is 0.268 e. The Balaban J connectivity index is 1.75. The summed E-state index contributed by atoms with van der Waals surface area (Å²) in [5.41, 5.74) is 1.37. The van der Waals surface area contributed by atoms with Crippen molar-refractivity contribution in [3.63, 3.8) is 0 Å². The number of nitrogens with zero attached hydrogens (tertiary/aromatic N) is 1. The van der Waals surface area contributed by atoms with Gasteiger partial charge in [-0.25, -0.2) is 4.98 Å². The van der Waals surface area contributed by atoms with E-state index in [2.05, 4.69) is 9.97 Å². The lowest BCUT2D eigenvalue weighted by Gasteiger charge is -2.08.